The number of benzene rings is 1. The van der Waals surface area contributed by atoms with Gasteiger partial charge in [-0.2, -0.15) is 4.99 Å². The average Bonchev–Trinajstić information content (AvgIpc) is 2.36. The Morgan fingerprint density at radius 3 is 2.50 bits per heavy atom. The third kappa shape index (κ3) is 5.03. The quantitative estimate of drug-likeness (QED) is 0.618. The fraction of sp³-hybridized carbons (Fsp3) is 0.500. The van der Waals surface area contributed by atoms with Gasteiger partial charge in [-0.3, -0.25) is 4.79 Å². The molecule has 0 saturated heterocycles. The molecule has 0 aromatic heterocycles. The maximum Gasteiger partial charge on any atom is 0.280 e. The lowest BCUT2D eigenvalue weighted by atomic mass is 9.93. The molecule has 0 bridgehead atoms. The molecule has 4 N–H and O–H groups in total. The van der Waals surface area contributed by atoms with Crippen LogP contribution in [0.15, 0.2) is 23.2 Å². The minimum absolute atomic E-state index is 0.198. The number of hydrogen-bond acceptors (Lipinski definition) is 1. The molecule has 1 aromatic carbocycles. The summed E-state index contributed by atoms with van der Waals surface area (Å²) < 4.78 is 0. The van der Waals surface area contributed by atoms with E-state index < -0.39 is 0 Å². The summed E-state index contributed by atoms with van der Waals surface area (Å²) in [5, 5.41) is 0. The van der Waals surface area contributed by atoms with E-state index in [4.69, 9.17) is 11.5 Å². The SMILES string of the molecule is CCCCc1cc(C(=O)N=C(N)N)ccc1CC(C)C. The molecule has 0 atom stereocenters. The van der Waals surface area contributed by atoms with Gasteiger partial charge in [-0.05, 0) is 48.4 Å². The monoisotopic (exact) mass is 275 g/mol. The van der Waals surface area contributed by atoms with Crippen molar-refractivity contribution in [2.75, 3.05) is 0 Å². The van der Waals surface area contributed by atoms with Gasteiger partial charge in [0, 0.05) is 5.56 Å². The van der Waals surface area contributed by atoms with E-state index >= 15 is 0 Å². The van der Waals surface area contributed by atoms with Gasteiger partial charge in [0.2, 0.25) is 0 Å². The molecule has 4 nitrogen and oxygen atoms in total. The number of guanidine groups is 1. The van der Waals surface area contributed by atoms with Crippen LogP contribution in [0.1, 0.15) is 55.1 Å². The molecule has 110 valence electrons. The fourth-order valence-corrected chi connectivity index (χ4v) is 2.18. The van der Waals surface area contributed by atoms with Crippen LogP contribution in [0.3, 0.4) is 0 Å². The Bertz CT molecular complexity index is 488. The number of carbonyl (C=O) groups is 1. The molecule has 0 unspecified atom stereocenters. The number of unbranched alkanes of at least 4 members (excludes halogenated alkanes) is 1. The van der Waals surface area contributed by atoms with Gasteiger partial charge in [0.25, 0.3) is 5.91 Å². The lowest BCUT2D eigenvalue weighted by Gasteiger charge is -2.12. The maximum atomic E-state index is 11.9. The Morgan fingerprint density at radius 1 is 1.25 bits per heavy atom. The van der Waals surface area contributed by atoms with Gasteiger partial charge >= 0.3 is 0 Å². The molecule has 0 aliphatic rings. The molecule has 0 fully saturated rings. The van der Waals surface area contributed by atoms with E-state index in [1.165, 1.54) is 11.1 Å². The zero-order chi connectivity index (χ0) is 15.1. The molecule has 4 heteroatoms. The van der Waals surface area contributed by atoms with Crippen molar-refractivity contribution in [2.45, 2.75) is 46.5 Å². The third-order valence-corrected chi connectivity index (χ3v) is 3.11. The second-order valence-electron chi connectivity index (χ2n) is 5.53. The molecular weight excluding hydrogens is 250 g/mol. The molecule has 0 aliphatic carbocycles. The molecule has 1 amide bonds. The van der Waals surface area contributed by atoms with Crippen LogP contribution in [0.4, 0.5) is 0 Å². The van der Waals surface area contributed by atoms with E-state index in [0.29, 0.717) is 11.5 Å². The first-order chi connectivity index (χ1) is 9.43. The van der Waals surface area contributed by atoms with Gasteiger partial charge in [-0.1, -0.05) is 33.3 Å². The minimum Gasteiger partial charge on any atom is -0.370 e. The molecule has 1 aromatic rings. The van der Waals surface area contributed by atoms with Crippen molar-refractivity contribution in [2.24, 2.45) is 22.4 Å². The zero-order valence-electron chi connectivity index (χ0n) is 12.6. The summed E-state index contributed by atoms with van der Waals surface area (Å²) in [4.78, 5) is 15.5. The first-order valence-electron chi connectivity index (χ1n) is 7.19. The molecule has 1 rings (SSSR count). The number of aryl methyl sites for hydroxylation is 1. The largest absolute Gasteiger partial charge is 0.370 e. The summed E-state index contributed by atoms with van der Waals surface area (Å²) in [6.45, 7) is 6.56. The van der Waals surface area contributed by atoms with E-state index in [2.05, 4.69) is 25.8 Å². The van der Waals surface area contributed by atoms with Crippen molar-refractivity contribution in [1.29, 1.82) is 0 Å². The number of rotatable bonds is 6. The number of nitrogens with two attached hydrogens (primary N) is 2. The van der Waals surface area contributed by atoms with Crippen LogP contribution in [-0.2, 0) is 12.8 Å². The van der Waals surface area contributed by atoms with Gasteiger partial charge in [-0.15, -0.1) is 0 Å². The van der Waals surface area contributed by atoms with Crippen molar-refractivity contribution in [3.63, 3.8) is 0 Å². The highest BCUT2D eigenvalue weighted by Crippen LogP contribution is 2.19. The number of hydrogen-bond donors (Lipinski definition) is 2. The van der Waals surface area contributed by atoms with Crippen molar-refractivity contribution in [3.05, 3.63) is 34.9 Å². The first-order valence-corrected chi connectivity index (χ1v) is 7.19. The van der Waals surface area contributed by atoms with Crippen LogP contribution in [0.25, 0.3) is 0 Å². The fourth-order valence-electron chi connectivity index (χ4n) is 2.18. The lowest BCUT2D eigenvalue weighted by molar-refractivity contribution is 0.100. The molecule has 20 heavy (non-hydrogen) atoms. The predicted molar refractivity (Wildman–Crippen MR) is 83.7 cm³/mol. The molecule has 0 aliphatic heterocycles. The number of nitrogens with zero attached hydrogens (tertiary/aromatic N) is 1. The van der Waals surface area contributed by atoms with Crippen LogP contribution in [0.2, 0.25) is 0 Å². The molecule has 0 saturated carbocycles. The highest BCUT2D eigenvalue weighted by molar-refractivity contribution is 6.02. The topological polar surface area (TPSA) is 81.5 Å². The van der Waals surface area contributed by atoms with E-state index in [-0.39, 0.29) is 11.9 Å². The van der Waals surface area contributed by atoms with Crippen LogP contribution in [0.5, 0.6) is 0 Å². The molecule has 0 heterocycles. The van der Waals surface area contributed by atoms with Gasteiger partial charge in [0.15, 0.2) is 5.96 Å². The molecule has 0 radical (unpaired) electrons. The van der Waals surface area contributed by atoms with Crippen molar-refractivity contribution in [3.8, 4) is 0 Å². The molecule has 0 spiro atoms. The first kappa shape index (κ1) is 16.2. The van der Waals surface area contributed by atoms with Crippen LogP contribution in [-0.4, -0.2) is 11.9 Å². The average molecular weight is 275 g/mol. The lowest BCUT2D eigenvalue weighted by Crippen LogP contribution is -2.24. The maximum absolute atomic E-state index is 11.9. The summed E-state index contributed by atoms with van der Waals surface area (Å²) in [6, 6.07) is 5.77. The number of amides is 1. The zero-order valence-corrected chi connectivity index (χ0v) is 12.6. The Kier molecular flexibility index (Phi) is 6.22. The second kappa shape index (κ2) is 7.68. The summed E-state index contributed by atoms with van der Waals surface area (Å²) >= 11 is 0. The van der Waals surface area contributed by atoms with E-state index in [0.717, 1.165) is 25.7 Å². The van der Waals surface area contributed by atoms with Crippen LogP contribution in [0, 0.1) is 5.92 Å². The smallest absolute Gasteiger partial charge is 0.280 e. The van der Waals surface area contributed by atoms with Crippen molar-refractivity contribution in [1.82, 2.24) is 0 Å². The van der Waals surface area contributed by atoms with E-state index in [1.54, 1.807) is 0 Å². The Balaban J connectivity index is 3.06. The van der Waals surface area contributed by atoms with E-state index in [9.17, 15) is 4.79 Å². The minimum atomic E-state index is -0.376. The summed E-state index contributed by atoms with van der Waals surface area (Å²) in [7, 11) is 0. The van der Waals surface area contributed by atoms with Crippen molar-refractivity contribution >= 4 is 11.9 Å². The normalized spacial score (nSPS) is 10.6. The number of aliphatic imine (C=N–C) groups is 1. The molecular formula is C16H25N3O. The standard InChI is InChI=1S/C16H25N3O/c1-4-5-6-12-10-14(15(20)19-16(17)18)8-7-13(12)9-11(2)3/h7-8,10-11H,4-6,9H2,1-3H3,(H4,17,18,19,20). The second-order valence-corrected chi connectivity index (χ2v) is 5.53. The Hall–Kier alpha value is -1.84. The highest BCUT2D eigenvalue weighted by Gasteiger charge is 2.10. The van der Waals surface area contributed by atoms with Gasteiger partial charge in [0.05, 0.1) is 0 Å². The van der Waals surface area contributed by atoms with Gasteiger partial charge in [0.1, 0.15) is 0 Å². The summed E-state index contributed by atoms with van der Waals surface area (Å²) in [6.07, 6.45) is 4.26. The third-order valence-electron chi connectivity index (χ3n) is 3.11. The predicted octanol–water partition coefficient (Wildman–Crippen LogP) is 2.64. The summed E-state index contributed by atoms with van der Waals surface area (Å²) in [5.41, 5.74) is 13.6. The van der Waals surface area contributed by atoms with Crippen molar-refractivity contribution < 1.29 is 4.79 Å². The van der Waals surface area contributed by atoms with Crippen LogP contribution >= 0.6 is 0 Å². The number of carbonyl (C=O) groups excluding carboxylic acids is 1. The Morgan fingerprint density at radius 2 is 1.95 bits per heavy atom. The van der Waals surface area contributed by atoms with E-state index in [1.807, 2.05) is 18.2 Å². The van der Waals surface area contributed by atoms with Crippen LogP contribution < -0.4 is 11.5 Å². The highest BCUT2D eigenvalue weighted by atomic mass is 16.1. The van der Waals surface area contributed by atoms with Gasteiger partial charge < -0.3 is 11.5 Å². The summed E-state index contributed by atoms with van der Waals surface area (Å²) in [5.74, 6) is 0.0184. The Labute approximate surface area is 121 Å². The van der Waals surface area contributed by atoms with Gasteiger partial charge in [-0.25, -0.2) is 0 Å².